The summed E-state index contributed by atoms with van der Waals surface area (Å²) in [7, 11) is 0. The molecule has 2 rings (SSSR count). The van der Waals surface area contributed by atoms with Gasteiger partial charge >= 0.3 is 12.4 Å². The second-order valence-corrected chi connectivity index (χ2v) is 5.59. The number of anilines is 1. The molecule has 27 heavy (non-hydrogen) atoms. The Bertz CT molecular complexity index is 886. The highest BCUT2D eigenvalue weighted by molar-refractivity contribution is 5.62. The van der Waals surface area contributed by atoms with Crippen LogP contribution in [0.4, 0.5) is 37.7 Å². The normalized spacial score (nSPS) is 11.6. The molecule has 0 unspecified atom stereocenters. The zero-order valence-corrected chi connectivity index (χ0v) is 13.6. The summed E-state index contributed by atoms with van der Waals surface area (Å²) < 4.78 is 78.1. The van der Waals surface area contributed by atoms with E-state index in [1.807, 2.05) is 6.07 Å². The van der Waals surface area contributed by atoms with Crippen molar-refractivity contribution in [1.29, 1.82) is 5.26 Å². The molecule has 0 aliphatic rings. The van der Waals surface area contributed by atoms with Gasteiger partial charge < -0.3 is 4.90 Å². The summed E-state index contributed by atoms with van der Waals surface area (Å²) in [5, 5.41) is 8.76. The molecule has 0 saturated heterocycles. The van der Waals surface area contributed by atoms with Crippen LogP contribution in [0, 0.1) is 17.9 Å². The van der Waals surface area contributed by atoms with Gasteiger partial charge in [-0.05, 0) is 29.8 Å². The fraction of sp³-hybridized carbons (Fsp3) is 0.222. The smallest absolute Gasteiger partial charge is 0.358 e. The van der Waals surface area contributed by atoms with Crippen molar-refractivity contribution in [3.63, 3.8) is 0 Å². The molecule has 0 saturated carbocycles. The Hall–Kier alpha value is -3.20. The van der Waals surface area contributed by atoms with Crippen LogP contribution in [0.2, 0.25) is 0 Å². The molecule has 0 amide bonds. The summed E-state index contributed by atoms with van der Waals surface area (Å²) in [6.45, 7) is 5.02. The first-order chi connectivity index (χ1) is 12.5. The summed E-state index contributed by atoms with van der Waals surface area (Å²) in [6, 6.07) is 10.00. The lowest BCUT2D eigenvalue weighted by molar-refractivity contribution is -0.136. The van der Waals surface area contributed by atoms with E-state index in [0.717, 1.165) is 17.0 Å². The van der Waals surface area contributed by atoms with Crippen LogP contribution in [0.5, 0.6) is 0 Å². The SMILES string of the molecule is [C-]#[N+]c1ccc(N(Cc2ccc(C#N)cc2)CC(F)(F)F)cc1C(F)(F)F. The largest absolute Gasteiger partial charge is 0.407 e. The number of hydrogen-bond donors (Lipinski definition) is 0. The van der Waals surface area contributed by atoms with E-state index in [0.29, 0.717) is 17.2 Å². The molecular weight excluding hydrogens is 372 g/mol. The highest BCUT2D eigenvalue weighted by atomic mass is 19.4. The molecule has 140 valence electrons. The van der Waals surface area contributed by atoms with Crippen molar-refractivity contribution in [1.82, 2.24) is 0 Å². The van der Waals surface area contributed by atoms with Crippen LogP contribution in [-0.4, -0.2) is 12.7 Å². The Balaban J connectivity index is 2.44. The fourth-order valence-electron chi connectivity index (χ4n) is 2.41. The number of hydrogen-bond acceptors (Lipinski definition) is 2. The van der Waals surface area contributed by atoms with Gasteiger partial charge in [0, 0.05) is 12.2 Å². The second-order valence-electron chi connectivity index (χ2n) is 5.59. The zero-order chi connectivity index (χ0) is 20.2. The van der Waals surface area contributed by atoms with Gasteiger partial charge in [-0.3, -0.25) is 0 Å². The maximum absolute atomic E-state index is 13.1. The highest BCUT2D eigenvalue weighted by Crippen LogP contribution is 2.39. The number of nitrogens with zero attached hydrogens (tertiary/aromatic N) is 3. The first-order valence-corrected chi connectivity index (χ1v) is 7.43. The van der Waals surface area contributed by atoms with Gasteiger partial charge in [-0.1, -0.05) is 18.2 Å². The standard InChI is InChI=1S/C18H11F6N3/c1-26-16-7-6-14(8-15(16)18(22,23)24)27(11-17(19,20)21)10-13-4-2-12(9-25)3-5-13/h2-8H,10-11H2. The van der Waals surface area contributed by atoms with E-state index in [-0.39, 0.29) is 12.2 Å². The third kappa shape index (κ3) is 5.38. The first kappa shape index (κ1) is 20.1. The number of halogens is 6. The molecule has 0 aliphatic heterocycles. The van der Waals surface area contributed by atoms with E-state index in [1.165, 1.54) is 24.3 Å². The van der Waals surface area contributed by atoms with E-state index in [1.54, 1.807) is 0 Å². The molecule has 2 aromatic carbocycles. The molecule has 2 aromatic rings. The van der Waals surface area contributed by atoms with Crippen molar-refractivity contribution in [3.05, 3.63) is 70.6 Å². The van der Waals surface area contributed by atoms with Crippen LogP contribution in [-0.2, 0) is 12.7 Å². The Kier molecular flexibility index (Phi) is 5.65. The van der Waals surface area contributed by atoms with Crippen LogP contribution in [0.1, 0.15) is 16.7 Å². The molecule has 0 fully saturated rings. The van der Waals surface area contributed by atoms with Crippen molar-refractivity contribution in [2.24, 2.45) is 0 Å². The van der Waals surface area contributed by atoms with E-state index >= 15 is 0 Å². The quantitative estimate of drug-likeness (QED) is 0.501. The summed E-state index contributed by atoms with van der Waals surface area (Å²) in [5.74, 6) is 0. The van der Waals surface area contributed by atoms with Crippen molar-refractivity contribution in [2.45, 2.75) is 18.9 Å². The van der Waals surface area contributed by atoms with Gasteiger partial charge in [0.25, 0.3) is 0 Å². The van der Waals surface area contributed by atoms with Crippen LogP contribution in [0.25, 0.3) is 4.85 Å². The number of nitriles is 1. The zero-order valence-electron chi connectivity index (χ0n) is 13.6. The Labute approximate surface area is 150 Å². The molecule has 9 heteroatoms. The van der Waals surface area contributed by atoms with Crippen LogP contribution >= 0.6 is 0 Å². The van der Waals surface area contributed by atoms with Crippen LogP contribution in [0.15, 0.2) is 42.5 Å². The predicted molar refractivity (Wildman–Crippen MR) is 86.0 cm³/mol. The lowest BCUT2D eigenvalue weighted by Crippen LogP contribution is -2.34. The van der Waals surface area contributed by atoms with E-state index in [9.17, 15) is 26.3 Å². The molecule has 0 aliphatic carbocycles. The van der Waals surface area contributed by atoms with E-state index < -0.39 is 30.1 Å². The van der Waals surface area contributed by atoms with Crippen molar-refractivity contribution in [3.8, 4) is 6.07 Å². The van der Waals surface area contributed by atoms with E-state index in [4.69, 9.17) is 11.8 Å². The van der Waals surface area contributed by atoms with Crippen molar-refractivity contribution >= 4 is 11.4 Å². The monoisotopic (exact) mass is 383 g/mol. The summed E-state index contributed by atoms with van der Waals surface area (Å²) in [5.41, 5.74) is -1.59. The van der Waals surface area contributed by atoms with Gasteiger partial charge in [0.05, 0.1) is 23.8 Å². The number of benzene rings is 2. The average Bonchev–Trinajstić information content (AvgIpc) is 2.59. The third-order valence-corrected chi connectivity index (χ3v) is 3.60. The minimum Gasteiger partial charge on any atom is -0.358 e. The van der Waals surface area contributed by atoms with Gasteiger partial charge in [-0.2, -0.15) is 31.6 Å². The number of rotatable bonds is 4. The van der Waals surface area contributed by atoms with Crippen molar-refractivity contribution < 1.29 is 26.3 Å². The molecule has 3 nitrogen and oxygen atoms in total. The van der Waals surface area contributed by atoms with Crippen LogP contribution in [0.3, 0.4) is 0 Å². The first-order valence-electron chi connectivity index (χ1n) is 7.43. The molecule has 0 aromatic heterocycles. The van der Waals surface area contributed by atoms with Crippen LogP contribution < -0.4 is 4.90 Å². The fourth-order valence-corrected chi connectivity index (χ4v) is 2.41. The second kappa shape index (κ2) is 7.58. The molecule has 0 N–H and O–H groups in total. The average molecular weight is 383 g/mol. The lowest BCUT2D eigenvalue weighted by atomic mass is 10.1. The summed E-state index contributed by atoms with van der Waals surface area (Å²) >= 11 is 0. The minimum atomic E-state index is -4.87. The predicted octanol–water partition coefficient (Wildman–Crippen LogP) is 5.70. The minimum absolute atomic E-state index is 0.307. The molecule has 0 spiro atoms. The molecule has 0 atom stereocenters. The maximum atomic E-state index is 13.1. The van der Waals surface area contributed by atoms with Gasteiger partial charge in [0.15, 0.2) is 5.69 Å². The molecular formula is C18H11F6N3. The van der Waals surface area contributed by atoms with Crippen molar-refractivity contribution in [2.75, 3.05) is 11.4 Å². The maximum Gasteiger partial charge on any atom is 0.407 e. The topological polar surface area (TPSA) is 31.4 Å². The Morgan fingerprint density at radius 1 is 1.00 bits per heavy atom. The van der Waals surface area contributed by atoms with Gasteiger partial charge in [-0.15, -0.1) is 0 Å². The number of alkyl halides is 6. The summed E-state index contributed by atoms with van der Waals surface area (Å²) in [6.07, 6.45) is -9.52. The third-order valence-electron chi connectivity index (χ3n) is 3.60. The van der Waals surface area contributed by atoms with Gasteiger partial charge in [0.1, 0.15) is 6.54 Å². The van der Waals surface area contributed by atoms with E-state index in [2.05, 4.69) is 4.85 Å². The molecule has 0 radical (unpaired) electrons. The van der Waals surface area contributed by atoms with Gasteiger partial charge in [0.2, 0.25) is 0 Å². The Morgan fingerprint density at radius 3 is 2.11 bits per heavy atom. The highest BCUT2D eigenvalue weighted by Gasteiger charge is 2.35. The molecule has 0 bridgehead atoms. The van der Waals surface area contributed by atoms with Gasteiger partial charge in [-0.25, -0.2) is 4.85 Å². The lowest BCUT2D eigenvalue weighted by Gasteiger charge is -2.27. The summed E-state index contributed by atoms with van der Waals surface area (Å²) in [4.78, 5) is 3.51. The Morgan fingerprint density at radius 2 is 1.63 bits per heavy atom. The molecule has 0 heterocycles.